The van der Waals surface area contributed by atoms with Crippen molar-refractivity contribution in [3.63, 3.8) is 0 Å². The van der Waals surface area contributed by atoms with E-state index in [1.165, 1.54) is 19.2 Å². The molecule has 0 aliphatic rings. The van der Waals surface area contributed by atoms with Gasteiger partial charge >= 0.3 is 0 Å². The van der Waals surface area contributed by atoms with Crippen molar-refractivity contribution >= 4 is 33.3 Å². The smallest absolute Gasteiger partial charge is 0.265 e. The highest BCUT2D eigenvalue weighted by Gasteiger charge is 2.16. The van der Waals surface area contributed by atoms with Crippen LogP contribution in [-0.4, -0.2) is 32.6 Å². The number of amides is 1. The predicted molar refractivity (Wildman–Crippen MR) is 64.1 cm³/mol. The van der Waals surface area contributed by atoms with Crippen molar-refractivity contribution in [3.8, 4) is 0 Å². The van der Waals surface area contributed by atoms with Crippen LogP contribution in [0.1, 0.15) is 10.4 Å². The summed E-state index contributed by atoms with van der Waals surface area (Å²) >= 11 is 5.69. The Balaban J connectivity index is 3.28. The molecule has 0 saturated carbocycles. The molecule has 1 rings (SSSR count). The van der Waals surface area contributed by atoms with Crippen LogP contribution in [0, 0.1) is 0 Å². The highest BCUT2D eigenvalue weighted by atomic mass is 35.5. The fourth-order valence-corrected chi connectivity index (χ4v) is 1.67. The third-order valence-corrected chi connectivity index (χ3v) is 3.37. The number of nitrogen functional groups attached to an aromatic ring is 1. The van der Waals surface area contributed by atoms with Gasteiger partial charge in [0, 0.05) is 12.6 Å². The summed E-state index contributed by atoms with van der Waals surface area (Å²) in [4.78, 5) is 15.1. The molecule has 1 heterocycles. The number of pyridine rings is 1. The lowest BCUT2D eigenvalue weighted by Crippen LogP contribution is -2.31. The van der Waals surface area contributed by atoms with Gasteiger partial charge in [0.25, 0.3) is 5.91 Å². The number of sulfonamides is 1. The van der Waals surface area contributed by atoms with E-state index in [2.05, 4.69) is 4.98 Å². The molecule has 1 amide bonds. The van der Waals surface area contributed by atoms with Crippen molar-refractivity contribution in [1.82, 2.24) is 10.4 Å². The Hall–Kier alpha value is -1.38. The quantitative estimate of drug-likeness (QED) is 0.343. The molecule has 94 valence electrons. The van der Waals surface area contributed by atoms with E-state index in [0.29, 0.717) is 0 Å². The zero-order chi connectivity index (χ0) is 13.2. The van der Waals surface area contributed by atoms with Crippen LogP contribution in [0.25, 0.3) is 0 Å². The third kappa shape index (κ3) is 3.29. The van der Waals surface area contributed by atoms with Gasteiger partial charge in [0.1, 0.15) is 11.0 Å². The average molecular weight is 279 g/mol. The van der Waals surface area contributed by atoms with Crippen LogP contribution in [0.2, 0.25) is 5.15 Å². The third-order valence-electron chi connectivity index (χ3n) is 1.99. The number of carbonyl (C=O) groups is 1. The number of nitrogens with zero attached hydrogens (tertiary/aromatic N) is 2. The Morgan fingerprint density at radius 1 is 1.53 bits per heavy atom. The molecule has 0 fully saturated rings. The van der Waals surface area contributed by atoms with Gasteiger partial charge in [-0.05, 0) is 12.1 Å². The van der Waals surface area contributed by atoms with E-state index >= 15 is 0 Å². The molecule has 9 heteroatoms. The van der Waals surface area contributed by atoms with Crippen LogP contribution < -0.4 is 15.6 Å². The molecular formula is C8H11ClN4O3S. The molecule has 0 spiro atoms. The number of anilines is 1. The van der Waals surface area contributed by atoms with Gasteiger partial charge in [0.05, 0.1) is 6.26 Å². The molecule has 0 bridgehead atoms. The second kappa shape index (κ2) is 4.86. The van der Waals surface area contributed by atoms with Crippen molar-refractivity contribution in [3.05, 3.63) is 22.8 Å². The summed E-state index contributed by atoms with van der Waals surface area (Å²) in [5.41, 5.74) is 2.04. The lowest BCUT2D eigenvalue weighted by Gasteiger charge is -2.16. The van der Waals surface area contributed by atoms with E-state index in [1.54, 1.807) is 0 Å². The molecule has 0 aliphatic heterocycles. The minimum atomic E-state index is -3.47. The van der Waals surface area contributed by atoms with Gasteiger partial charge in [-0.2, -0.15) is 0 Å². The lowest BCUT2D eigenvalue weighted by atomic mass is 10.2. The van der Waals surface area contributed by atoms with E-state index in [1.807, 2.05) is 5.43 Å². The van der Waals surface area contributed by atoms with E-state index in [-0.39, 0.29) is 16.5 Å². The van der Waals surface area contributed by atoms with Crippen LogP contribution in [0.3, 0.4) is 0 Å². The average Bonchev–Trinajstić information content (AvgIpc) is 2.24. The molecular weight excluding hydrogens is 268 g/mol. The van der Waals surface area contributed by atoms with Crippen LogP contribution >= 0.6 is 11.6 Å². The fourth-order valence-electron chi connectivity index (χ4n) is 1.03. The zero-order valence-electron chi connectivity index (χ0n) is 9.14. The normalized spacial score (nSPS) is 11.1. The summed E-state index contributed by atoms with van der Waals surface area (Å²) in [6, 6.07) is 2.55. The zero-order valence-corrected chi connectivity index (χ0v) is 10.7. The molecule has 1 aromatic heterocycles. The van der Waals surface area contributed by atoms with Crippen molar-refractivity contribution in [2.75, 3.05) is 17.6 Å². The maximum Gasteiger partial charge on any atom is 0.265 e. The molecule has 0 unspecified atom stereocenters. The minimum Gasteiger partial charge on any atom is -0.290 e. The number of carbonyl (C=O) groups excluding carboxylic acids is 1. The first-order valence-corrected chi connectivity index (χ1v) is 6.60. The highest BCUT2D eigenvalue weighted by molar-refractivity contribution is 7.92. The van der Waals surface area contributed by atoms with Crippen molar-refractivity contribution < 1.29 is 13.2 Å². The van der Waals surface area contributed by atoms with Crippen LogP contribution in [0.4, 0.5) is 5.82 Å². The number of halogens is 1. The van der Waals surface area contributed by atoms with Gasteiger partial charge in [-0.3, -0.25) is 14.5 Å². The second-order valence-electron chi connectivity index (χ2n) is 3.24. The standard InChI is InChI=1S/C8H11ClN4O3S/c1-13(17(2,15)16)7-4-5(8(14)12-10)3-6(9)11-7/h3-4H,10H2,1-2H3,(H,12,14). The number of hydrogen-bond acceptors (Lipinski definition) is 5. The second-order valence-corrected chi connectivity index (χ2v) is 5.64. The van der Waals surface area contributed by atoms with Crippen LogP contribution in [0.15, 0.2) is 12.1 Å². The Kier molecular flexibility index (Phi) is 3.91. The minimum absolute atomic E-state index is 0.00315. The number of nitrogens with one attached hydrogen (secondary N) is 1. The van der Waals surface area contributed by atoms with Gasteiger partial charge in [-0.1, -0.05) is 11.6 Å². The highest BCUT2D eigenvalue weighted by Crippen LogP contribution is 2.18. The maximum atomic E-state index is 11.3. The number of nitrogens with two attached hydrogens (primary N) is 1. The molecule has 3 N–H and O–H groups in total. The van der Waals surface area contributed by atoms with Gasteiger partial charge in [0.15, 0.2) is 0 Å². The molecule has 0 radical (unpaired) electrons. The first kappa shape index (κ1) is 13.7. The van der Waals surface area contributed by atoms with Crippen molar-refractivity contribution in [1.29, 1.82) is 0 Å². The molecule has 1 aromatic rings. The van der Waals surface area contributed by atoms with Gasteiger partial charge < -0.3 is 0 Å². The summed E-state index contributed by atoms with van der Waals surface area (Å²) in [5.74, 6) is 4.43. The Bertz CT molecular complexity index is 546. The number of hydrazine groups is 1. The monoisotopic (exact) mass is 278 g/mol. The summed E-state index contributed by atoms with van der Waals surface area (Å²) in [5, 5.41) is -0.00315. The maximum absolute atomic E-state index is 11.3. The van der Waals surface area contributed by atoms with Gasteiger partial charge in [-0.15, -0.1) is 0 Å². The molecule has 0 saturated heterocycles. The van der Waals surface area contributed by atoms with E-state index in [9.17, 15) is 13.2 Å². The first-order chi connectivity index (χ1) is 7.75. The number of aromatic nitrogens is 1. The Labute approximate surface area is 104 Å². The first-order valence-electron chi connectivity index (χ1n) is 4.38. The molecule has 0 aliphatic carbocycles. The van der Waals surface area contributed by atoms with Crippen molar-refractivity contribution in [2.45, 2.75) is 0 Å². The molecule has 7 nitrogen and oxygen atoms in total. The van der Waals surface area contributed by atoms with E-state index in [0.717, 1.165) is 10.6 Å². The molecule has 0 atom stereocenters. The summed E-state index contributed by atoms with van der Waals surface area (Å²) < 4.78 is 23.5. The Morgan fingerprint density at radius 3 is 2.59 bits per heavy atom. The Morgan fingerprint density at radius 2 is 2.12 bits per heavy atom. The molecule has 0 aromatic carbocycles. The van der Waals surface area contributed by atoms with E-state index in [4.69, 9.17) is 17.4 Å². The largest absolute Gasteiger partial charge is 0.290 e. The summed E-state index contributed by atoms with van der Waals surface area (Å²) in [6.45, 7) is 0. The van der Waals surface area contributed by atoms with E-state index < -0.39 is 15.9 Å². The van der Waals surface area contributed by atoms with Gasteiger partial charge in [0.2, 0.25) is 10.0 Å². The summed E-state index contributed by atoms with van der Waals surface area (Å²) in [7, 11) is -2.17. The number of rotatable bonds is 3. The van der Waals surface area contributed by atoms with Crippen molar-refractivity contribution in [2.24, 2.45) is 5.84 Å². The topological polar surface area (TPSA) is 105 Å². The number of hydrogen-bond donors (Lipinski definition) is 2. The van der Waals surface area contributed by atoms with Crippen LogP contribution in [0.5, 0.6) is 0 Å². The fraction of sp³-hybridized carbons (Fsp3) is 0.250. The molecule has 17 heavy (non-hydrogen) atoms. The summed E-state index contributed by atoms with van der Waals surface area (Å²) in [6.07, 6.45) is 1.01. The lowest BCUT2D eigenvalue weighted by molar-refractivity contribution is 0.0953. The SMILES string of the molecule is CN(c1cc(C(=O)NN)cc(Cl)n1)S(C)(=O)=O. The van der Waals surface area contributed by atoms with Gasteiger partial charge in [-0.25, -0.2) is 19.2 Å². The predicted octanol–water partition coefficient (Wildman–Crippen LogP) is -0.266. The van der Waals surface area contributed by atoms with Crippen LogP contribution in [-0.2, 0) is 10.0 Å².